The van der Waals surface area contributed by atoms with Crippen molar-refractivity contribution in [2.45, 2.75) is 25.8 Å². The average molecular weight is 298 g/mol. The van der Waals surface area contributed by atoms with Gasteiger partial charge in [-0.3, -0.25) is 4.79 Å². The second kappa shape index (κ2) is 8.78. The van der Waals surface area contributed by atoms with Crippen LogP contribution < -0.4 is 15.4 Å². The first kappa shape index (κ1) is 16.7. The summed E-state index contributed by atoms with van der Waals surface area (Å²) in [6.45, 7) is 2.23. The molecule has 1 unspecified atom stereocenters. The summed E-state index contributed by atoms with van der Waals surface area (Å²) >= 11 is 0. The monoisotopic (exact) mass is 298 g/mol. The van der Waals surface area contributed by atoms with Gasteiger partial charge < -0.3 is 20.5 Å². The maximum absolute atomic E-state index is 12.9. The van der Waals surface area contributed by atoms with Crippen LogP contribution in [0.5, 0.6) is 5.75 Å². The van der Waals surface area contributed by atoms with Crippen LogP contribution in [-0.4, -0.2) is 36.3 Å². The molecular weight excluding hydrogens is 279 g/mol. The highest BCUT2D eigenvalue weighted by Crippen LogP contribution is 2.11. The number of carboxylic acid groups (broad SMARTS) is 1. The van der Waals surface area contributed by atoms with Crippen molar-refractivity contribution in [3.05, 3.63) is 30.1 Å². The molecule has 0 aliphatic rings. The van der Waals surface area contributed by atoms with Crippen molar-refractivity contribution in [1.82, 2.24) is 10.6 Å². The van der Waals surface area contributed by atoms with Crippen LogP contribution in [0.2, 0.25) is 0 Å². The Morgan fingerprint density at radius 3 is 2.86 bits per heavy atom. The minimum atomic E-state index is -0.894. The first-order valence-corrected chi connectivity index (χ1v) is 6.62. The molecule has 0 radical (unpaired) electrons. The molecule has 2 amide bonds. The lowest BCUT2D eigenvalue weighted by atomic mass is 10.3. The molecule has 0 heterocycles. The summed E-state index contributed by atoms with van der Waals surface area (Å²) in [7, 11) is 0. The number of halogens is 1. The van der Waals surface area contributed by atoms with E-state index in [0.717, 1.165) is 0 Å². The minimum absolute atomic E-state index is 0.0124. The molecule has 0 aliphatic carbocycles. The molecule has 6 nitrogen and oxygen atoms in total. The maximum atomic E-state index is 12.9. The van der Waals surface area contributed by atoms with E-state index < -0.39 is 12.0 Å². The SMILES string of the molecule is CC(COc1cccc(F)c1)NC(=O)NCCCC(=O)O. The number of ether oxygens (including phenoxy) is 1. The van der Waals surface area contributed by atoms with Gasteiger partial charge in [0.2, 0.25) is 0 Å². The van der Waals surface area contributed by atoms with Crippen molar-refractivity contribution in [3.8, 4) is 5.75 Å². The van der Waals surface area contributed by atoms with E-state index in [-0.39, 0.29) is 31.4 Å². The van der Waals surface area contributed by atoms with Crippen LogP contribution in [0.25, 0.3) is 0 Å². The predicted octanol–water partition coefficient (Wildman–Crippen LogP) is 1.76. The maximum Gasteiger partial charge on any atom is 0.315 e. The van der Waals surface area contributed by atoms with Crippen LogP contribution in [0.4, 0.5) is 9.18 Å². The Kier molecular flexibility index (Phi) is 7.00. The van der Waals surface area contributed by atoms with Gasteiger partial charge in [-0.2, -0.15) is 0 Å². The lowest BCUT2D eigenvalue weighted by molar-refractivity contribution is -0.137. The number of benzene rings is 1. The van der Waals surface area contributed by atoms with Gasteiger partial charge in [-0.25, -0.2) is 9.18 Å². The molecule has 0 bridgehead atoms. The van der Waals surface area contributed by atoms with Crippen LogP contribution in [0, 0.1) is 5.82 Å². The summed E-state index contributed by atoms with van der Waals surface area (Å²) in [5.41, 5.74) is 0. The molecule has 0 spiro atoms. The van der Waals surface area contributed by atoms with E-state index in [1.165, 1.54) is 18.2 Å². The molecule has 1 atom stereocenters. The van der Waals surface area contributed by atoms with Crippen molar-refractivity contribution >= 4 is 12.0 Å². The summed E-state index contributed by atoms with van der Waals surface area (Å²) in [4.78, 5) is 21.8. The van der Waals surface area contributed by atoms with Gasteiger partial charge in [0.1, 0.15) is 18.2 Å². The van der Waals surface area contributed by atoms with Gasteiger partial charge in [-0.05, 0) is 25.5 Å². The molecular formula is C14H19FN2O4. The Bertz CT molecular complexity index is 482. The van der Waals surface area contributed by atoms with Crippen molar-refractivity contribution in [3.63, 3.8) is 0 Å². The molecule has 1 aromatic rings. The molecule has 0 saturated heterocycles. The highest BCUT2D eigenvalue weighted by molar-refractivity contribution is 5.74. The van der Waals surface area contributed by atoms with Gasteiger partial charge in [0.05, 0.1) is 6.04 Å². The van der Waals surface area contributed by atoms with Gasteiger partial charge >= 0.3 is 12.0 Å². The zero-order valence-corrected chi connectivity index (χ0v) is 11.8. The van der Waals surface area contributed by atoms with Gasteiger partial charge in [0.25, 0.3) is 0 Å². The fraction of sp³-hybridized carbons (Fsp3) is 0.429. The van der Waals surface area contributed by atoms with E-state index in [0.29, 0.717) is 12.2 Å². The zero-order valence-electron chi connectivity index (χ0n) is 11.8. The summed E-state index contributed by atoms with van der Waals surface area (Å²) in [6, 6.07) is 5.08. The first-order valence-electron chi connectivity index (χ1n) is 6.62. The molecule has 0 aromatic heterocycles. The lowest BCUT2D eigenvalue weighted by Gasteiger charge is -2.15. The molecule has 3 N–H and O–H groups in total. The second-order valence-corrected chi connectivity index (χ2v) is 4.57. The van der Waals surface area contributed by atoms with Crippen LogP contribution in [-0.2, 0) is 4.79 Å². The smallest absolute Gasteiger partial charge is 0.315 e. The number of hydrogen-bond acceptors (Lipinski definition) is 3. The van der Waals surface area contributed by atoms with Crippen molar-refractivity contribution < 1.29 is 23.8 Å². The van der Waals surface area contributed by atoms with Crippen LogP contribution >= 0.6 is 0 Å². The number of nitrogens with one attached hydrogen (secondary N) is 2. The number of urea groups is 1. The summed E-state index contributed by atoms with van der Waals surface area (Å²) in [5.74, 6) is -0.885. The van der Waals surface area contributed by atoms with E-state index in [1.807, 2.05) is 0 Å². The summed E-state index contributed by atoms with van der Waals surface area (Å²) in [5, 5.41) is 13.6. The Labute approximate surface area is 122 Å². The van der Waals surface area contributed by atoms with Crippen LogP contribution in [0.15, 0.2) is 24.3 Å². The van der Waals surface area contributed by atoms with E-state index in [4.69, 9.17) is 9.84 Å². The number of carbonyl (C=O) groups excluding carboxylic acids is 1. The molecule has 21 heavy (non-hydrogen) atoms. The Morgan fingerprint density at radius 2 is 2.19 bits per heavy atom. The molecule has 0 fully saturated rings. The Hall–Kier alpha value is -2.31. The van der Waals surface area contributed by atoms with Crippen LogP contribution in [0.1, 0.15) is 19.8 Å². The lowest BCUT2D eigenvalue weighted by Crippen LogP contribution is -2.43. The molecule has 116 valence electrons. The molecule has 0 aliphatic heterocycles. The standard InChI is InChI=1S/C14H19FN2O4/c1-10(9-21-12-5-2-4-11(15)8-12)17-14(20)16-7-3-6-13(18)19/h2,4-5,8,10H,3,6-7,9H2,1H3,(H,18,19)(H2,16,17,20). The second-order valence-electron chi connectivity index (χ2n) is 4.57. The number of amides is 2. The third-order valence-corrected chi connectivity index (χ3v) is 2.53. The molecule has 0 saturated carbocycles. The quantitative estimate of drug-likeness (QED) is 0.638. The number of carbonyl (C=O) groups is 2. The minimum Gasteiger partial charge on any atom is -0.491 e. The van der Waals surface area contributed by atoms with Gasteiger partial charge in [-0.15, -0.1) is 0 Å². The molecule has 1 aromatic carbocycles. The van der Waals surface area contributed by atoms with Crippen LogP contribution in [0.3, 0.4) is 0 Å². The fourth-order valence-electron chi connectivity index (χ4n) is 1.54. The van der Waals surface area contributed by atoms with Gasteiger partial charge in [-0.1, -0.05) is 6.07 Å². The normalized spacial score (nSPS) is 11.5. The average Bonchev–Trinajstić information content (AvgIpc) is 2.41. The van der Waals surface area contributed by atoms with Crippen molar-refractivity contribution in [2.24, 2.45) is 0 Å². The Morgan fingerprint density at radius 1 is 1.43 bits per heavy atom. The number of rotatable bonds is 8. The third kappa shape index (κ3) is 7.76. The van der Waals surface area contributed by atoms with E-state index in [2.05, 4.69) is 10.6 Å². The Balaban J connectivity index is 2.19. The zero-order chi connectivity index (χ0) is 15.7. The largest absolute Gasteiger partial charge is 0.491 e. The van der Waals surface area contributed by atoms with E-state index in [1.54, 1.807) is 13.0 Å². The summed E-state index contributed by atoms with van der Waals surface area (Å²) < 4.78 is 18.3. The van der Waals surface area contributed by atoms with Crippen molar-refractivity contribution in [1.29, 1.82) is 0 Å². The summed E-state index contributed by atoms with van der Waals surface area (Å²) in [6.07, 6.45) is 0.384. The number of aliphatic carboxylic acids is 1. The van der Waals surface area contributed by atoms with E-state index in [9.17, 15) is 14.0 Å². The van der Waals surface area contributed by atoms with Gasteiger partial charge in [0, 0.05) is 19.0 Å². The van der Waals surface area contributed by atoms with E-state index >= 15 is 0 Å². The first-order chi connectivity index (χ1) is 9.97. The van der Waals surface area contributed by atoms with Gasteiger partial charge in [0.15, 0.2) is 0 Å². The van der Waals surface area contributed by atoms with Crippen molar-refractivity contribution in [2.75, 3.05) is 13.2 Å². The third-order valence-electron chi connectivity index (χ3n) is 2.53. The highest BCUT2D eigenvalue weighted by atomic mass is 19.1. The fourth-order valence-corrected chi connectivity index (χ4v) is 1.54. The predicted molar refractivity (Wildman–Crippen MR) is 74.8 cm³/mol. The number of carboxylic acids is 1. The number of hydrogen-bond donors (Lipinski definition) is 3. The molecule has 7 heteroatoms. The highest BCUT2D eigenvalue weighted by Gasteiger charge is 2.08. The topological polar surface area (TPSA) is 87.7 Å². The molecule has 1 rings (SSSR count).